The number of carbonyl (C=O) groups is 1. The minimum atomic E-state index is -0.551. The molecule has 0 aliphatic rings. The van der Waals surface area contributed by atoms with E-state index in [2.05, 4.69) is 27.6 Å². The predicted octanol–water partition coefficient (Wildman–Crippen LogP) is 2.76. The SMILES string of the molecule is O=C(OCC(CI)OCn1cc(Cc2ccccc2)c(=O)[nH]c1=O)c1ccccc1. The Hall–Kier alpha value is -2.72. The lowest BCUT2D eigenvalue weighted by Gasteiger charge is -2.17. The van der Waals surface area contributed by atoms with Crippen molar-refractivity contribution in [3.05, 3.63) is 104 Å². The standard InChI is InChI=1S/C22H21IN2O5/c23-12-19(14-29-21(27)17-9-5-2-6-10-17)30-15-25-13-18(20(26)24-22(25)28)11-16-7-3-1-4-8-16/h1-10,13,19H,11-12,14-15H2,(H,24,26,28). The highest BCUT2D eigenvalue weighted by Crippen LogP contribution is 2.07. The van der Waals surface area contributed by atoms with Crippen LogP contribution in [0.4, 0.5) is 0 Å². The Morgan fingerprint density at radius 3 is 2.37 bits per heavy atom. The second kappa shape index (κ2) is 10.9. The summed E-state index contributed by atoms with van der Waals surface area (Å²) in [4.78, 5) is 38.7. The highest BCUT2D eigenvalue weighted by Gasteiger charge is 2.14. The van der Waals surface area contributed by atoms with E-state index < -0.39 is 23.3 Å². The van der Waals surface area contributed by atoms with Crippen molar-refractivity contribution in [3.8, 4) is 0 Å². The Labute approximate surface area is 186 Å². The van der Waals surface area contributed by atoms with Crippen LogP contribution in [-0.4, -0.2) is 32.7 Å². The highest BCUT2D eigenvalue weighted by atomic mass is 127. The molecule has 0 amide bonds. The molecule has 3 aromatic rings. The summed E-state index contributed by atoms with van der Waals surface area (Å²) in [6.07, 6.45) is 1.52. The molecular weight excluding hydrogens is 499 g/mol. The predicted molar refractivity (Wildman–Crippen MR) is 121 cm³/mol. The third-order valence-corrected chi connectivity index (χ3v) is 5.34. The number of halogens is 1. The number of rotatable bonds is 9. The Kier molecular flexibility index (Phi) is 7.97. The molecule has 1 N–H and O–H groups in total. The van der Waals surface area contributed by atoms with Gasteiger partial charge in [-0.2, -0.15) is 0 Å². The molecule has 1 atom stereocenters. The number of nitrogens with zero attached hydrogens (tertiary/aromatic N) is 1. The van der Waals surface area contributed by atoms with Gasteiger partial charge in [-0.1, -0.05) is 71.1 Å². The van der Waals surface area contributed by atoms with E-state index in [1.165, 1.54) is 10.8 Å². The van der Waals surface area contributed by atoms with Crippen LogP contribution in [0.5, 0.6) is 0 Å². The van der Waals surface area contributed by atoms with E-state index in [9.17, 15) is 14.4 Å². The zero-order valence-corrected chi connectivity index (χ0v) is 18.3. The molecule has 0 aliphatic heterocycles. The van der Waals surface area contributed by atoms with Crippen molar-refractivity contribution in [1.82, 2.24) is 9.55 Å². The number of carbonyl (C=O) groups excluding carboxylic acids is 1. The van der Waals surface area contributed by atoms with Crippen LogP contribution in [0.2, 0.25) is 0 Å². The Balaban J connectivity index is 1.62. The number of benzene rings is 2. The van der Waals surface area contributed by atoms with Crippen LogP contribution in [0.1, 0.15) is 21.5 Å². The number of aromatic nitrogens is 2. The average Bonchev–Trinajstić information content (AvgIpc) is 2.77. The molecule has 0 bridgehead atoms. The number of esters is 1. The topological polar surface area (TPSA) is 90.4 Å². The van der Waals surface area contributed by atoms with Crippen LogP contribution in [0.25, 0.3) is 0 Å². The van der Waals surface area contributed by atoms with E-state index in [0.29, 0.717) is 22.0 Å². The molecule has 1 unspecified atom stereocenters. The number of hydrogen-bond donors (Lipinski definition) is 1. The van der Waals surface area contributed by atoms with Crippen LogP contribution >= 0.6 is 22.6 Å². The first-order valence-electron chi connectivity index (χ1n) is 9.33. The summed E-state index contributed by atoms with van der Waals surface area (Å²) in [5, 5.41) is 0. The van der Waals surface area contributed by atoms with Crippen LogP contribution in [0.15, 0.2) is 76.4 Å². The van der Waals surface area contributed by atoms with Crippen LogP contribution in [0, 0.1) is 0 Å². The van der Waals surface area contributed by atoms with Gasteiger partial charge in [-0.15, -0.1) is 0 Å². The van der Waals surface area contributed by atoms with Gasteiger partial charge in [-0.25, -0.2) is 9.59 Å². The van der Waals surface area contributed by atoms with Crippen LogP contribution in [-0.2, 0) is 22.6 Å². The molecule has 156 valence electrons. The first kappa shape index (κ1) is 22.0. The molecule has 0 saturated heterocycles. The lowest BCUT2D eigenvalue weighted by atomic mass is 10.1. The molecule has 1 aromatic heterocycles. The Morgan fingerprint density at radius 2 is 1.70 bits per heavy atom. The number of alkyl halides is 1. The van der Waals surface area contributed by atoms with Crippen molar-refractivity contribution in [2.24, 2.45) is 0 Å². The summed E-state index contributed by atoms with van der Waals surface area (Å²) >= 11 is 2.13. The average molecular weight is 520 g/mol. The van der Waals surface area contributed by atoms with Crippen molar-refractivity contribution in [2.45, 2.75) is 19.3 Å². The third-order valence-electron chi connectivity index (χ3n) is 4.35. The van der Waals surface area contributed by atoms with Gasteiger partial charge >= 0.3 is 11.7 Å². The zero-order valence-electron chi connectivity index (χ0n) is 16.1. The molecule has 8 heteroatoms. The minimum absolute atomic E-state index is 0.0612. The van der Waals surface area contributed by atoms with E-state index in [1.54, 1.807) is 24.3 Å². The van der Waals surface area contributed by atoms with Crippen molar-refractivity contribution in [1.29, 1.82) is 0 Å². The lowest BCUT2D eigenvalue weighted by Crippen LogP contribution is -2.34. The summed E-state index contributed by atoms with van der Waals surface area (Å²) in [5.74, 6) is -0.430. The molecule has 30 heavy (non-hydrogen) atoms. The Morgan fingerprint density at radius 1 is 1.03 bits per heavy atom. The van der Waals surface area contributed by atoms with Gasteiger partial charge in [-0.05, 0) is 17.7 Å². The van der Waals surface area contributed by atoms with E-state index in [0.717, 1.165) is 5.56 Å². The molecule has 7 nitrogen and oxygen atoms in total. The van der Waals surface area contributed by atoms with Crippen molar-refractivity contribution in [3.63, 3.8) is 0 Å². The second-order valence-electron chi connectivity index (χ2n) is 6.58. The number of hydrogen-bond acceptors (Lipinski definition) is 5. The van der Waals surface area contributed by atoms with E-state index in [4.69, 9.17) is 9.47 Å². The molecule has 3 rings (SSSR count). The summed E-state index contributed by atoms with van der Waals surface area (Å²) in [5.41, 5.74) is 0.928. The van der Waals surface area contributed by atoms with E-state index in [-0.39, 0.29) is 13.3 Å². The first-order chi connectivity index (χ1) is 14.6. The van der Waals surface area contributed by atoms with Crippen molar-refractivity contribution < 1.29 is 14.3 Å². The molecule has 2 aromatic carbocycles. The number of nitrogens with one attached hydrogen (secondary N) is 1. The molecule has 0 radical (unpaired) electrons. The molecule has 0 spiro atoms. The molecular formula is C22H21IN2O5. The number of H-pyrrole nitrogens is 1. The fourth-order valence-electron chi connectivity index (χ4n) is 2.74. The summed E-state index contributed by atoms with van der Waals surface area (Å²) in [6.45, 7) is -0.000394. The van der Waals surface area contributed by atoms with Crippen molar-refractivity contribution in [2.75, 3.05) is 11.0 Å². The van der Waals surface area contributed by atoms with E-state index >= 15 is 0 Å². The Bertz CT molecular complexity index is 1080. The number of ether oxygens (including phenoxy) is 2. The monoisotopic (exact) mass is 520 g/mol. The maximum absolute atomic E-state index is 12.1. The first-order valence-corrected chi connectivity index (χ1v) is 10.9. The van der Waals surface area contributed by atoms with Crippen LogP contribution < -0.4 is 11.2 Å². The van der Waals surface area contributed by atoms with Gasteiger partial charge in [0, 0.05) is 22.6 Å². The quantitative estimate of drug-likeness (QED) is 0.266. The van der Waals surface area contributed by atoms with E-state index in [1.807, 2.05) is 36.4 Å². The third kappa shape index (κ3) is 6.14. The lowest BCUT2D eigenvalue weighted by molar-refractivity contribution is -0.0237. The normalized spacial score (nSPS) is 11.8. The zero-order chi connectivity index (χ0) is 21.3. The maximum atomic E-state index is 12.1. The van der Waals surface area contributed by atoms with Gasteiger partial charge in [-0.3, -0.25) is 14.3 Å². The second-order valence-corrected chi connectivity index (χ2v) is 7.46. The number of aromatic amines is 1. The molecule has 0 aliphatic carbocycles. The highest BCUT2D eigenvalue weighted by molar-refractivity contribution is 14.1. The molecule has 0 saturated carbocycles. The van der Waals surface area contributed by atoms with Crippen molar-refractivity contribution >= 4 is 28.6 Å². The summed E-state index contributed by atoms with van der Waals surface area (Å²) in [7, 11) is 0. The smallest absolute Gasteiger partial charge is 0.338 e. The van der Waals surface area contributed by atoms with Gasteiger partial charge in [0.25, 0.3) is 5.56 Å². The fourth-order valence-corrected chi connectivity index (χ4v) is 3.25. The fraction of sp³-hybridized carbons (Fsp3) is 0.227. The maximum Gasteiger partial charge on any atom is 0.338 e. The van der Waals surface area contributed by atoms with Gasteiger partial charge in [0.05, 0.1) is 5.56 Å². The largest absolute Gasteiger partial charge is 0.459 e. The molecule has 1 heterocycles. The minimum Gasteiger partial charge on any atom is -0.459 e. The van der Waals surface area contributed by atoms with Gasteiger partial charge < -0.3 is 9.47 Å². The van der Waals surface area contributed by atoms with Gasteiger partial charge in [0.15, 0.2) is 0 Å². The van der Waals surface area contributed by atoms with Crippen LogP contribution in [0.3, 0.4) is 0 Å². The summed E-state index contributed by atoms with van der Waals surface area (Å²) in [6, 6.07) is 18.2. The molecule has 0 fully saturated rings. The van der Waals surface area contributed by atoms with Gasteiger partial charge in [0.1, 0.15) is 19.4 Å². The summed E-state index contributed by atoms with van der Waals surface area (Å²) < 4.78 is 12.9. The van der Waals surface area contributed by atoms with Gasteiger partial charge in [0.2, 0.25) is 0 Å².